The van der Waals surface area contributed by atoms with Crippen molar-refractivity contribution in [2.75, 3.05) is 13.1 Å². The third-order valence-corrected chi connectivity index (χ3v) is 5.32. The zero-order chi connectivity index (χ0) is 24.0. The van der Waals surface area contributed by atoms with Gasteiger partial charge in [-0.2, -0.15) is 0 Å². The smallest absolute Gasteiger partial charge is 0.358 e. The number of fused-ring (bicyclic) bond motifs is 1. The molecular formula is C21H25N5O7. The summed E-state index contributed by atoms with van der Waals surface area (Å²) in [5.41, 5.74) is 3.25. The fraction of sp³-hybridized carbons (Fsp3) is 0.429. The van der Waals surface area contributed by atoms with E-state index in [0.717, 1.165) is 15.6 Å². The number of benzene rings is 1. The Morgan fingerprint density at radius 3 is 2.55 bits per heavy atom. The van der Waals surface area contributed by atoms with E-state index in [1.165, 1.54) is 5.01 Å². The number of carbonyl (C=O) groups is 6. The van der Waals surface area contributed by atoms with E-state index in [4.69, 9.17) is 5.11 Å². The molecule has 5 amide bonds. The highest BCUT2D eigenvalue weighted by molar-refractivity contribution is 5.93. The average molecular weight is 459 g/mol. The van der Waals surface area contributed by atoms with Crippen molar-refractivity contribution in [2.45, 2.75) is 44.2 Å². The minimum absolute atomic E-state index is 0.0163. The second kappa shape index (κ2) is 10.6. The number of carbonyl (C=O) groups excluding carboxylic acids is 5. The molecule has 2 saturated heterocycles. The van der Waals surface area contributed by atoms with Gasteiger partial charge in [0.05, 0.1) is 25.4 Å². The van der Waals surface area contributed by atoms with E-state index in [0.29, 0.717) is 12.7 Å². The molecule has 2 atom stereocenters. The Morgan fingerprint density at radius 1 is 1.15 bits per heavy atom. The van der Waals surface area contributed by atoms with Crippen LogP contribution in [0.25, 0.3) is 0 Å². The van der Waals surface area contributed by atoms with Crippen molar-refractivity contribution in [1.29, 1.82) is 0 Å². The largest absolute Gasteiger partial charge is 0.481 e. The molecule has 0 saturated carbocycles. The molecule has 12 heteroatoms. The Labute approximate surface area is 189 Å². The lowest BCUT2D eigenvalue weighted by molar-refractivity contribution is -0.155. The number of amides is 5. The summed E-state index contributed by atoms with van der Waals surface area (Å²) in [6.45, 7) is 0.141. The summed E-state index contributed by atoms with van der Waals surface area (Å²) in [5.74, 6) is -2.88. The first-order valence-corrected chi connectivity index (χ1v) is 10.5. The second-order valence-corrected chi connectivity index (χ2v) is 7.75. The van der Waals surface area contributed by atoms with Gasteiger partial charge in [0.1, 0.15) is 12.3 Å². The topological polar surface area (TPSA) is 156 Å². The van der Waals surface area contributed by atoms with Gasteiger partial charge in [0, 0.05) is 13.0 Å². The van der Waals surface area contributed by atoms with Crippen molar-refractivity contribution in [3.63, 3.8) is 0 Å². The molecule has 2 aliphatic rings. The average Bonchev–Trinajstić information content (AvgIpc) is 2.91. The number of urea groups is 1. The number of aldehydes is 1. The molecule has 3 rings (SSSR count). The SMILES string of the molecule is O=C[C@H](CC(=O)O)NC(=O)[C@@H]1CCCN2C(=O)CCN(NC(=O)Cc3ccccc3)C(=O)N12. The molecule has 1 aromatic rings. The molecular weight excluding hydrogens is 434 g/mol. The zero-order valence-corrected chi connectivity index (χ0v) is 17.8. The van der Waals surface area contributed by atoms with Gasteiger partial charge in [-0.25, -0.2) is 19.8 Å². The predicted octanol–water partition coefficient (Wildman–Crippen LogP) is -0.548. The van der Waals surface area contributed by atoms with Crippen molar-refractivity contribution in [3.8, 4) is 0 Å². The van der Waals surface area contributed by atoms with E-state index in [2.05, 4.69) is 10.7 Å². The van der Waals surface area contributed by atoms with Crippen LogP contribution in [0.1, 0.15) is 31.2 Å². The lowest BCUT2D eigenvalue weighted by atomic mass is 10.1. The van der Waals surface area contributed by atoms with Crippen molar-refractivity contribution in [1.82, 2.24) is 25.8 Å². The number of hydrogen-bond donors (Lipinski definition) is 3. The Balaban J connectivity index is 1.76. The third kappa shape index (κ3) is 5.84. The zero-order valence-electron chi connectivity index (χ0n) is 17.8. The number of nitrogens with zero attached hydrogens (tertiary/aromatic N) is 3. The molecule has 176 valence electrons. The highest BCUT2D eigenvalue weighted by Gasteiger charge is 2.44. The molecule has 0 bridgehead atoms. The van der Waals surface area contributed by atoms with Crippen molar-refractivity contribution >= 4 is 36.0 Å². The molecule has 3 N–H and O–H groups in total. The van der Waals surface area contributed by atoms with Gasteiger partial charge in [0.2, 0.25) is 17.7 Å². The van der Waals surface area contributed by atoms with Crippen molar-refractivity contribution < 1.29 is 33.9 Å². The Morgan fingerprint density at radius 2 is 1.88 bits per heavy atom. The summed E-state index contributed by atoms with van der Waals surface area (Å²) >= 11 is 0. The minimum Gasteiger partial charge on any atom is -0.481 e. The van der Waals surface area contributed by atoms with E-state index < -0.39 is 48.2 Å². The number of hydrazine groups is 2. The first-order chi connectivity index (χ1) is 15.8. The van der Waals surface area contributed by atoms with Crippen LogP contribution in [0.3, 0.4) is 0 Å². The molecule has 0 unspecified atom stereocenters. The Hall–Kier alpha value is -3.96. The second-order valence-electron chi connectivity index (χ2n) is 7.75. The van der Waals surface area contributed by atoms with Crippen LogP contribution < -0.4 is 10.7 Å². The molecule has 2 fully saturated rings. The van der Waals surface area contributed by atoms with Crippen LogP contribution in [0, 0.1) is 0 Å². The molecule has 2 heterocycles. The molecule has 1 aromatic carbocycles. The van der Waals surface area contributed by atoms with E-state index in [9.17, 15) is 28.8 Å². The quantitative estimate of drug-likeness (QED) is 0.440. The number of carboxylic acids is 1. The van der Waals surface area contributed by atoms with Gasteiger partial charge in [0.25, 0.3) is 0 Å². The third-order valence-electron chi connectivity index (χ3n) is 5.32. The highest BCUT2D eigenvalue weighted by atomic mass is 16.4. The number of hydrogen-bond acceptors (Lipinski definition) is 6. The fourth-order valence-corrected chi connectivity index (χ4v) is 3.79. The summed E-state index contributed by atoms with van der Waals surface area (Å²) in [5, 5.41) is 14.4. The fourth-order valence-electron chi connectivity index (χ4n) is 3.79. The van der Waals surface area contributed by atoms with Gasteiger partial charge in [0.15, 0.2) is 0 Å². The lowest BCUT2D eigenvalue weighted by Crippen LogP contribution is -2.64. The van der Waals surface area contributed by atoms with Crippen LogP contribution in [0.4, 0.5) is 4.79 Å². The first kappa shape index (κ1) is 23.7. The molecule has 0 spiro atoms. The number of aliphatic carboxylic acids is 1. The van der Waals surface area contributed by atoms with Crippen LogP contribution in [-0.2, 0) is 30.4 Å². The first-order valence-electron chi connectivity index (χ1n) is 10.5. The Bertz CT molecular complexity index is 938. The van der Waals surface area contributed by atoms with Gasteiger partial charge < -0.3 is 15.2 Å². The van der Waals surface area contributed by atoms with E-state index >= 15 is 0 Å². The maximum atomic E-state index is 13.3. The summed E-state index contributed by atoms with van der Waals surface area (Å²) in [6, 6.07) is 5.73. The normalized spacial score (nSPS) is 19.3. The van der Waals surface area contributed by atoms with Crippen molar-refractivity contribution in [3.05, 3.63) is 35.9 Å². The Kier molecular flexibility index (Phi) is 7.59. The number of carboxylic acid groups (broad SMARTS) is 1. The van der Waals surface area contributed by atoms with Crippen LogP contribution in [-0.4, -0.2) is 81.3 Å². The standard InChI is InChI=1S/C21H25N5O7/c27-13-15(12-19(30)31)22-20(32)16-7-4-9-25-18(29)8-10-24(21(33)26(16)25)23-17(28)11-14-5-2-1-3-6-14/h1-3,5-6,13,15-16H,4,7-12H2,(H,22,32)(H,23,28)(H,30,31)/t15-,16-/m0/s1. The summed E-state index contributed by atoms with van der Waals surface area (Å²) in [6.07, 6.45) is 0.281. The monoisotopic (exact) mass is 459 g/mol. The lowest BCUT2D eigenvalue weighted by Gasteiger charge is -2.42. The maximum Gasteiger partial charge on any atom is 0.358 e. The molecule has 0 radical (unpaired) electrons. The van der Waals surface area contributed by atoms with E-state index in [1.54, 1.807) is 24.3 Å². The minimum atomic E-state index is -1.27. The van der Waals surface area contributed by atoms with Crippen LogP contribution >= 0.6 is 0 Å². The van der Waals surface area contributed by atoms with Gasteiger partial charge in [-0.15, -0.1) is 0 Å². The highest BCUT2D eigenvalue weighted by Crippen LogP contribution is 2.23. The molecule has 0 aromatic heterocycles. The van der Waals surface area contributed by atoms with Gasteiger partial charge >= 0.3 is 12.0 Å². The number of nitrogens with one attached hydrogen (secondary N) is 2. The van der Waals surface area contributed by atoms with Gasteiger partial charge in [-0.1, -0.05) is 30.3 Å². The van der Waals surface area contributed by atoms with Crippen LogP contribution in [0.2, 0.25) is 0 Å². The molecule has 2 aliphatic heterocycles. The van der Waals surface area contributed by atoms with E-state index in [-0.39, 0.29) is 32.4 Å². The number of rotatable bonds is 8. The van der Waals surface area contributed by atoms with Crippen molar-refractivity contribution in [2.24, 2.45) is 0 Å². The van der Waals surface area contributed by atoms with E-state index in [1.807, 2.05) is 6.07 Å². The summed E-state index contributed by atoms with van der Waals surface area (Å²) in [4.78, 5) is 73.3. The summed E-state index contributed by atoms with van der Waals surface area (Å²) < 4.78 is 0. The van der Waals surface area contributed by atoms with Crippen LogP contribution in [0.15, 0.2) is 30.3 Å². The maximum absolute atomic E-state index is 13.3. The molecule has 33 heavy (non-hydrogen) atoms. The summed E-state index contributed by atoms with van der Waals surface area (Å²) in [7, 11) is 0. The van der Waals surface area contributed by atoms with Gasteiger partial charge in [-0.05, 0) is 18.4 Å². The predicted molar refractivity (Wildman–Crippen MR) is 112 cm³/mol. The van der Waals surface area contributed by atoms with Crippen LogP contribution in [0.5, 0.6) is 0 Å². The molecule has 12 nitrogen and oxygen atoms in total. The van der Waals surface area contributed by atoms with Gasteiger partial charge in [-0.3, -0.25) is 24.6 Å². The molecule has 0 aliphatic carbocycles.